The van der Waals surface area contributed by atoms with Crippen LogP contribution in [0.15, 0.2) is 34.7 Å². The van der Waals surface area contributed by atoms with E-state index in [0.29, 0.717) is 23.4 Å². The Bertz CT molecular complexity index is 711. The minimum Gasteiger partial charge on any atom is -0.494 e. The van der Waals surface area contributed by atoms with Gasteiger partial charge in [-0.15, -0.1) is 11.3 Å². The molecule has 1 aromatic heterocycles. The Morgan fingerprint density at radius 1 is 1.35 bits per heavy atom. The van der Waals surface area contributed by atoms with E-state index in [2.05, 4.69) is 29.4 Å². The predicted octanol–water partition coefficient (Wildman–Crippen LogP) is 4.12. The predicted molar refractivity (Wildman–Crippen MR) is 105 cm³/mol. The highest BCUT2D eigenvalue weighted by Crippen LogP contribution is 2.16. The van der Waals surface area contributed by atoms with Gasteiger partial charge in [0.05, 0.1) is 31.5 Å². The second kappa shape index (κ2) is 10.6. The van der Waals surface area contributed by atoms with Crippen LogP contribution in [0.2, 0.25) is 0 Å². The molecule has 0 aliphatic rings. The van der Waals surface area contributed by atoms with Crippen LogP contribution in [-0.4, -0.2) is 30.4 Å². The lowest BCUT2D eigenvalue weighted by atomic mass is 10.1. The van der Waals surface area contributed by atoms with Gasteiger partial charge in [0.15, 0.2) is 0 Å². The van der Waals surface area contributed by atoms with Crippen LogP contribution in [0, 0.1) is 5.92 Å². The minimum absolute atomic E-state index is 0.175. The molecule has 0 fully saturated rings. The van der Waals surface area contributed by atoms with Gasteiger partial charge >= 0.3 is 5.97 Å². The molecule has 0 atom stereocenters. The number of ether oxygens (including phenoxy) is 2. The van der Waals surface area contributed by atoms with Crippen LogP contribution in [0.5, 0.6) is 5.75 Å². The molecule has 0 unspecified atom stereocenters. The van der Waals surface area contributed by atoms with Crippen molar-refractivity contribution in [3.05, 3.63) is 40.9 Å². The van der Waals surface area contributed by atoms with Gasteiger partial charge in [-0.3, -0.25) is 10.2 Å². The summed E-state index contributed by atoms with van der Waals surface area (Å²) in [4.78, 5) is 15.7. The Kier molecular flexibility index (Phi) is 8.08. The van der Waals surface area contributed by atoms with Crippen LogP contribution in [-0.2, 0) is 16.0 Å². The van der Waals surface area contributed by atoms with E-state index < -0.39 is 0 Å². The molecule has 0 spiro atoms. The highest BCUT2D eigenvalue weighted by molar-refractivity contribution is 7.13. The average Bonchev–Trinajstić information content (AvgIpc) is 3.03. The molecule has 1 aromatic carbocycles. The molecule has 1 heterocycles. The van der Waals surface area contributed by atoms with Crippen molar-refractivity contribution >= 4 is 28.7 Å². The molecule has 1 N–H and O–H groups in total. The first kappa shape index (κ1) is 19.9. The highest BCUT2D eigenvalue weighted by Gasteiger charge is 2.07. The maximum Gasteiger partial charge on any atom is 0.311 e. The standard InChI is InChI=1S/C19H25N3O3S/c1-4-24-18(23)11-16-13-26-19(21-16)22-20-12-15-5-7-17(8-6-15)25-10-9-14(2)3/h5-8,12-14H,4,9-11H2,1-3H3,(H,21,22). The normalized spacial score (nSPS) is 11.1. The van der Waals surface area contributed by atoms with Crippen LogP contribution < -0.4 is 10.2 Å². The molecule has 7 heteroatoms. The van der Waals surface area contributed by atoms with E-state index >= 15 is 0 Å². The Labute approximate surface area is 158 Å². The van der Waals surface area contributed by atoms with Crippen molar-refractivity contribution in [1.82, 2.24) is 4.98 Å². The van der Waals surface area contributed by atoms with Crippen LogP contribution >= 0.6 is 11.3 Å². The molecule has 2 rings (SSSR count). The molecule has 2 aromatic rings. The van der Waals surface area contributed by atoms with Crippen molar-refractivity contribution < 1.29 is 14.3 Å². The minimum atomic E-state index is -0.274. The first-order valence-electron chi connectivity index (χ1n) is 8.68. The molecular weight excluding hydrogens is 350 g/mol. The van der Waals surface area contributed by atoms with E-state index in [1.165, 1.54) is 11.3 Å². The first-order valence-corrected chi connectivity index (χ1v) is 9.56. The molecule has 0 saturated carbocycles. The van der Waals surface area contributed by atoms with Crippen molar-refractivity contribution in [3.8, 4) is 5.75 Å². The number of hydrogen-bond donors (Lipinski definition) is 1. The Morgan fingerprint density at radius 2 is 2.12 bits per heavy atom. The number of rotatable bonds is 10. The van der Waals surface area contributed by atoms with E-state index in [0.717, 1.165) is 24.3 Å². The third-order valence-corrected chi connectivity index (χ3v) is 4.20. The fourth-order valence-corrected chi connectivity index (χ4v) is 2.68. The monoisotopic (exact) mass is 375 g/mol. The van der Waals surface area contributed by atoms with Crippen LogP contribution in [0.4, 0.5) is 5.13 Å². The number of thiazole rings is 1. The molecule has 0 aliphatic carbocycles. The fraction of sp³-hybridized carbons (Fsp3) is 0.421. The third kappa shape index (κ3) is 7.23. The van der Waals surface area contributed by atoms with Gasteiger partial charge in [-0.05, 0) is 49.1 Å². The second-order valence-electron chi connectivity index (χ2n) is 6.10. The largest absolute Gasteiger partial charge is 0.494 e. The molecule has 0 amide bonds. The Balaban J connectivity index is 1.79. The lowest BCUT2D eigenvalue weighted by molar-refractivity contribution is -0.142. The van der Waals surface area contributed by atoms with Gasteiger partial charge in [0, 0.05) is 5.38 Å². The van der Waals surface area contributed by atoms with Gasteiger partial charge in [0.25, 0.3) is 0 Å². The number of hydrazone groups is 1. The van der Waals surface area contributed by atoms with Crippen LogP contribution in [0.3, 0.4) is 0 Å². The van der Waals surface area contributed by atoms with Gasteiger partial charge in [-0.1, -0.05) is 13.8 Å². The van der Waals surface area contributed by atoms with Gasteiger partial charge in [-0.25, -0.2) is 4.98 Å². The number of benzene rings is 1. The van der Waals surface area contributed by atoms with Crippen molar-refractivity contribution in [2.45, 2.75) is 33.6 Å². The molecule has 26 heavy (non-hydrogen) atoms. The Hall–Kier alpha value is -2.41. The molecule has 140 valence electrons. The summed E-state index contributed by atoms with van der Waals surface area (Å²) in [5, 5.41) is 6.62. The SMILES string of the molecule is CCOC(=O)Cc1csc(NN=Cc2ccc(OCCC(C)C)cc2)n1. The fourth-order valence-electron chi connectivity index (χ4n) is 2.02. The molecule has 0 aliphatic heterocycles. The number of esters is 1. The summed E-state index contributed by atoms with van der Waals surface area (Å²) >= 11 is 1.39. The van der Waals surface area contributed by atoms with Gasteiger partial charge < -0.3 is 9.47 Å². The van der Waals surface area contributed by atoms with Gasteiger partial charge in [-0.2, -0.15) is 5.10 Å². The molecule has 0 bridgehead atoms. The molecule has 0 radical (unpaired) electrons. The summed E-state index contributed by atoms with van der Waals surface area (Å²) in [7, 11) is 0. The lowest BCUT2D eigenvalue weighted by Gasteiger charge is -2.07. The number of nitrogens with zero attached hydrogens (tertiary/aromatic N) is 2. The molecular formula is C19H25N3O3S. The number of hydrogen-bond acceptors (Lipinski definition) is 7. The number of aromatic nitrogens is 1. The summed E-state index contributed by atoms with van der Waals surface area (Å²) in [5.41, 5.74) is 4.50. The number of anilines is 1. The lowest BCUT2D eigenvalue weighted by Crippen LogP contribution is -2.07. The molecule has 6 nitrogen and oxygen atoms in total. The summed E-state index contributed by atoms with van der Waals surface area (Å²) in [5.74, 6) is 1.22. The first-order chi connectivity index (χ1) is 12.6. The zero-order chi connectivity index (χ0) is 18.8. The van der Waals surface area contributed by atoms with E-state index in [9.17, 15) is 4.79 Å². The number of carbonyl (C=O) groups excluding carboxylic acids is 1. The average molecular weight is 375 g/mol. The zero-order valence-electron chi connectivity index (χ0n) is 15.4. The highest BCUT2D eigenvalue weighted by atomic mass is 32.1. The number of carbonyl (C=O) groups is 1. The third-order valence-electron chi connectivity index (χ3n) is 3.40. The maximum absolute atomic E-state index is 11.4. The van der Waals surface area contributed by atoms with Gasteiger partial charge in [0.2, 0.25) is 5.13 Å². The summed E-state index contributed by atoms with van der Waals surface area (Å²) in [6.07, 6.45) is 2.93. The van der Waals surface area contributed by atoms with Crippen molar-refractivity contribution in [3.63, 3.8) is 0 Å². The van der Waals surface area contributed by atoms with Crippen LogP contribution in [0.25, 0.3) is 0 Å². The van der Waals surface area contributed by atoms with Crippen molar-refractivity contribution in [1.29, 1.82) is 0 Å². The van der Waals surface area contributed by atoms with E-state index in [1.807, 2.05) is 29.6 Å². The summed E-state index contributed by atoms with van der Waals surface area (Å²) < 4.78 is 10.6. The van der Waals surface area contributed by atoms with E-state index in [4.69, 9.17) is 9.47 Å². The quantitative estimate of drug-likeness (QED) is 0.384. The summed E-state index contributed by atoms with van der Waals surface area (Å²) in [6.45, 7) is 7.24. The van der Waals surface area contributed by atoms with Gasteiger partial charge in [0.1, 0.15) is 5.75 Å². The zero-order valence-corrected chi connectivity index (χ0v) is 16.2. The smallest absolute Gasteiger partial charge is 0.311 e. The van der Waals surface area contributed by atoms with E-state index in [1.54, 1.807) is 13.1 Å². The van der Waals surface area contributed by atoms with Crippen LogP contribution in [0.1, 0.15) is 38.4 Å². The Morgan fingerprint density at radius 3 is 2.81 bits per heavy atom. The topological polar surface area (TPSA) is 72.8 Å². The number of nitrogens with one attached hydrogen (secondary N) is 1. The van der Waals surface area contributed by atoms with Crippen molar-refractivity contribution in [2.75, 3.05) is 18.6 Å². The summed E-state index contributed by atoms with van der Waals surface area (Å²) in [6, 6.07) is 7.76. The second-order valence-corrected chi connectivity index (χ2v) is 6.95. The van der Waals surface area contributed by atoms with Crippen molar-refractivity contribution in [2.24, 2.45) is 11.0 Å². The van der Waals surface area contributed by atoms with E-state index in [-0.39, 0.29) is 12.4 Å². The maximum atomic E-state index is 11.4. The molecule has 0 saturated heterocycles.